The molecule has 0 radical (unpaired) electrons. The molecule has 0 aromatic heterocycles. The van der Waals surface area contributed by atoms with Crippen LogP contribution in [-0.2, 0) is 26.8 Å². The van der Waals surface area contributed by atoms with E-state index in [4.69, 9.17) is 4.12 Å². The van der Waals surface area contributed by atoms with E-state index in [1.54, 1.807) is 22.0 Å². The summed E-state index contributed by atoms with van der Waals surface area (Å²) in [7, 11) is -5.18. The summed E-state index contributed by atoms with van der Waals surface area (Å²) >= 11 is 0. The molecule has 2 aromatic carbocycles. The highest BCUT2D eigenvalue weighted by Crippen LogP contribution is 2.20. The number of carbonyl (C=O) groups excluding carboxylic acids is 4. The normalized spacial score (nSPS) is 10.8. The third kappa shape index (κ3) is 11.3. The minimum Gasteiger partial charge on any atom is -0.453 e. The number of hydrogen-bond acceptors (Lipinski definition) is 7. The highest BCUT2D eigenvalue weighted by molar-refractivity contribution is 6.85. The van der Waals surface area contributed by atoms with Crippen LogP contribution in [0.25, 0.3) is 12.2 Å². The van der Waals surface area contributed by atoms with Gasteiger partial charge in [0.15, 0.2) is 16.6 Å². The van der Waals surface area contributed by atoms with E-state index in [1.807, 2.05) is 74.7 Å². The van der Waals surface area contributed by atoms with Crippen molar-refractivity contribution in [1.82, 2.24) is 20.7 Å². The zero-order valence-corrected chi connectivity index (χ0v) is 25.8. The first-order valence-electron chi connectivity index (χ1n) is 12.8. The molecule has 0 fully saturated rings. The first-order valence-corrected chi connectivity index (χ1v) is 19.0. The predicted molar refractivity (Wildman–Crippen MR) is 163 cm³/mol. The summed E-state index contributed by atoms with van der Waals surface area (Å²) in [5, 5.41) is 6.46. The first-order chi connectivity index (χ1) is 19.4. The van der Waals surface area contributed by atoms with Crippen molar-refractivity contribution in [2.45, 2.75) is 39.3 Å². The lowest BCUT2D eigenvalue weighted by molar-refractivity contribution is 0.199. The van der Waals surface area contributed by atoms with Crippen LogP contribution in [0.1, 0.15) is 22.3 Å². The van der Waals surface area contributed by atoms with Gasteiger partial charge < -0.3 is 13.9 Å². The van der Waals surface area contributed by atoms with Crippen LogP contribution < -0.4 is 10.9 Å². The molecule has 216 valence electrons. The number of benzene rings is 2. The molecular formula is C28H36N6O5Si2. The number of nitrogens with one attached hydrogen (secondary N) is 2. The summed E-state index contributed by atoms with van der Waals surface area (Å²) in [4.78, 5) is 50.1. The van der Waals surface area contributed by atoms with Crippen LogP contribution in [0.15, 0.2) is 71.9 Å². The molecule has 11 nitrogen and oxygen atoms in total. The average Bonchev–Trinajstić information content (AvgIpc) is 2.93. The Labute approximate surface area is 242 Å². The molecule has 0 saturated carbocycles. The maximum Gasteiger partial charge on any atom is 0.338 e. The van der Waals surface area contributed by atoms with Gasteiger partial charge in [-0.3, -0.25) is 0 Å². The predicted octanol–water partition coefficient (Wildman–Crippen LogP) is 4.70. The molecule has 0 aliphatic rings. The van der Waals surface area contributed by atoms with E-state index in [-0.39, 0.29) is 25.4 Å². The molecule has 0 aliphatic heterocycles. The molecule has 0 bridgehead atoms. The molecule has 13 heteroatoms. The number of hydrogen-bond donors (Lipinski definition) is 2. The highest BCUT2D eigenvalue weighted by Gasteiger charge is 2.38. The van der Waals surface area contributed by atoms with Crippen molar-refractivity contribution in [2.24, 2.45) is 10.2 Å². The number of carbonyl (C=O) groups is 2. The fraction of sp³-hybridized carbons (Fsp3) is 0.286. The van der Waals surface area contributed by atoms with Gasteiger partial charge in [-0.05, 0) is 48.4 Å². The van der Waals surface area contributed by atoms with Gasteiger partial charge in [-0.15, -0.1) is 0 Å². The van der Waals surface area contributed by atoms with Gasteiger partial charge in [-0.2, -0.15) is 0 Å². The van der Waals surface area contributed by atoms with Gasteiger partial charge in [0.1, 0.15) is 0 Å². The van der Waals surface area contributed by atoms with Gasteiger partial charge in [0, 0.05) is 25.4 Å². The van der Waals surface area contributed by atoms with Crippen molar-refractivity contribution in [1.29, 1.82) is 0 Å². The molecule has 0 atom stereocenters. The van der Waals surface area contributed by atoms with E-state index < -0.39 is 28.7 Å². The van der Waals surface area contributed by atoms with Crippen LogP contribution in [0, 0.1) is 0 Å². The van der Waals surface area contributed by atoms with Crippen molar-refractivity contribution in [3.8, 4) is 0 Å². The topological polar surface area (TPSA) is 133 Å². The Morgan fingerprint density at radius 3 is 1.39 bits per heavy atom. The summed E-state index contributed by atoms with van der Waals surface area (Å²) in [5.74, 6) is 0. The minimum atomic E-state index is -2.59. The van der Waals surface area contributed by atoms with E-state index in [0.29, 0.717) is 0 Å². The molecule has 2 N–H and O–H groups in total. The number of isocyanates is 2. The fourth-order valence-corrected chi connectivity index (χ4v) is 13.2. The lowest BCUT2D eigenvalue weighted by Gasteiger charge is -2.39. The molecule has 0 heterocycles. The van der Waals surface area contributed by atoms with Crippen molar-refractivity contribution in [3.63, 3.8) is 0 Å². The average molecular weight is 593 g/mol. The van der Waals surface area contributed by atoms with Crippen LogP contribution in [-0.4, -0.2) is 63.0 Å². The summed E-state index contributed by atoms with van der Waals surface area (Å²) in [6, 6.07) is 14.1. The Morgan fingerprint density at radius 1 is 0.756 bits per heavy atom. The van der Waals surface area contributed by atoms with Crippen LogP contribution in [0.5, 0.6) is 0 Å². The van der Waals surface area contributed by atoms with Crippen molar-refractivity contribution < 1.29 is 23.3 Å². The lowest BCUT2D eigenvalue weighted by atomic mass is 10.1. The van der Waals surface area contributed by atoms with Gasteiger partial charge in [0.2, 0.25) is 0 Å². The maximum atomic E-state index is 12.9. The Bertz CT molecular complexity index is 1220. The minimum absolute atomic E-state index is 0.262. The second-order valence-corrected chi connectivity index (χ2v) is 19.0. The van der Waals surface area contributed by atoms with Crippen LogP contribution in [0.2, 0.25) is 26.2 Å². The molecule has 2 rings (SSSR count). The summed E-state index contributed by atoms with van der Waals surface area (Å²) in [5.41, 5.74) is 8.06. The van der Waals surface area contributed by atoms with Gasteiger partial charge >= 0.3 is 12.1 Å². The van der Waals surface area contributed by atoms with E-state index in [9.17, 15) is 19.2 Å². The number of nitrogens with zero attached hydrogens (tertiary/aromatic N) is 4. The number of rotatable bonds is 14. The standard InChI is InChI=1S/C28H36N6O5Si2/c1-7-23-9-13-25(14-10-23)17-33(27(37)31-29-19-35)21-40(3,4)39-41(5,6)22-34(28(38)32-30-20-36)18-26-15-11-24(8-2)12-16-26/h7-16H,1-2,17-18,21-22H2,3-6H3,(H,31,37)(H,32,38). The summed E-state index contributed by atoms with van der Waals surface area (Å²) in [6.07, 6.45) is 6.68. The third-order valence-electron chi connectivity index (χ3n) is 5.84. The highest BCUT2D eigenvalue weighted by atomic mass is 28.4. The summed E-state index contributed by atoms with van der Waals surface area (Å²) < 4.78 is 6.74. The van der Waals surface area contributed by atoms with Crippen LogP contribution in [0.3, 0.4) is 0 Å². The zero-order chi connectivity index (χ0) is 30.5. The molecular weight excluding hydrogens is 557 g/mol. The summed E-state index contributed by atoms with van der Waals surface area (Å²) in [6.45, 7) is 16.0. The van der Waals surface area contributed by atoms with Gasteiger partial charge in [0.05, 0.1) is 0 Å². The van der Waals surface area contributed by atoms with Gasteiger partial charge in [0.25, 0.3) is 12.2 Å². The second-order valence-electron chi connectivity index (χ2n) is 10.5. The quantitative estimate of drug-likeness (QED) is 0.142. The number of urea groups is 2. The van der Waals surface area contributed by atoms with Crippen LogP contribution >= 0.6 is 0 Å². The van der Waals surface area contributed by atoms with Gasteiger partial charge in [-0.25, -0.2) is 30.0 Å². The fourth-order valence-electron chi connectivity index (χ4n) is 4.37. The van der Waals surface area contributed by atoms with Crippen molar-refractivity contribution in [3.05, 3.63) is 83.9 Å². The Kier molecular flexibility index (Phi) is 12.3. The van der Waals surface area contributed by atoms with E-state index in [1.165, 1.54) is 12.2 Å². The molecule has 0 aliphatic carbocycles. The number of amides is 4. The SMILES string of the molecule is C=Cc1ccc(CN(C[Si](C)(C)O[Si](C)(C)CN(Cc2ccc(C=C)cc2)C(=O)NN=C=O)C(=O)NN=C=O)cc1. The molecule has 2 aromatic rings. The van der Waals surface area contributed by atoms with E-state index in [0.717, 1.165) is 22.3 Å². The Hall–Kier alpha value is -4.39. The lowest BCUT2D eigenvalue weighted by Crippen LogP contribution is -2.58. The molecule has 0 spiro atoms. The van der Waals surface area contributed by atoms with Crippen molar-refractivity contribution >= 4 is 53.0 Å². The van der Waals surface area contributed by atoms with Crippen LogP contribution in [0.4, 0.5) is 9.59 Å². The van der Waals surface area contributed by atoms with E-state index >= 15 is 0 Å². The molecule has 0 saturated heterocycles. The zero-order valence-electron chi connectivity index (χ0n) is 23.8. The van der Waals surface area contributed by atoms with E-state index in [2.05, 4.69) is 34.2 Å². The first kappa shape index (κ1) is 32.8. The molecule has 41 heavy (non-hydrogen) atoms. The number of hydrazone groups is 2. The molecule has 0 unspecified atom stereocenters. The Morgan fingerprint density at radius 2 is 1.10 bits per heavy atom. The van der Waals surface area contributed by atoms with Gasteiger partial charge in [-0.1, -0.05) is 84.0 Å². The smallest absolute Gasteiger partial charge is 0.338 e. The second kappa shape index (κ2) is 15.4. The molecule has 4 amide bonds. The Balaban J connectivity index is 2.23. The largest absolute Gasteiger partial charge is 0.453 e. The monoisotopic (exact) mass is 592 g/mol. The van der Waals surface area contributed by atoms with Crippen molar-refractivity contribution in [2.75, 3.05) is 12.3 Å². The third-order valence-corrected chi connectivity index (χ3v) is 12.5. The maximum absolute atomic E-state index is 12.9.